The Balaban J connectivity index is 1.87. The van der Waals surface area contributed by atoms with E-state index in [0.717, 1.165) is 27.6 Å². The summed E-state index contributed by atoms with van der Waals surface area (Å²) in [7, 11) is 0. The summed E-state index contributed by atoms with van der Waals surface area (Å²) in [5, 5.41) is 5.12. The van der Waals surface area contributed by atoms with Crippen molar-refractivity contribution >= 4 is 11.6 Å². The lowest BCUT2D eigenvalue weighted by atomic mass is 10.1. The van der Waals surface area contributed by atoms with E-state index in [9.17, 15) is 0 Å². The van der Waals surface area contributed by atoms with Crippen molar-refractivity contribution in [2.24, 2.45) is 0 Å². The van der Waals surface area contributed by atoms with Gasteiger partial charge in [-0.15, -0.1) is 0 Å². The Bertz CT molecular complexity index is 735. The van der Waals surface area contributed by atoms with Crippen molar-refractivity contribution in [3.8, 4) is 22.6 Å². The molecule has 4 heteroatoms. The highest BCUT2D eigenvalue weighted by atomic mass is 35.5. The normalized spacial score (nSPS) is 10.6. The van der Waals surface area contributed by atoms with E-state index < -0.39 is 0 Å². The maximum absolute atomic E-state index is 6.02. The topological polar surface area (TPSA) is 27.1 Å². The number of hydrogen-bond donors (Lipinski definition) is 0. The number of ether oxygens (including phenoxy) is 1. The van der Waals surface area contributed by atoms with Gasteiger partial charge in [-0.25, -0.2) is 4.68 Å². The van der Waals surface area contributed by atoms with E-state index in [0.29, 0.717) is 6.61 Å². The molecule has 0 amide bonds. The van der Waals surface area contributed by atoms with Crippen LogP contribution in [0.5, 0.6) is 5.75 Å². The quantitative estimate of drug-likeness (QED) is 0.704. The summed E-state index contributed by atoms with van der Waals surface area (Å²) < 4.78 is 7.28. The zero-order chi connectivity index (χ0) is 14.7. The first-order valence-electron chi connectivity index (χ1n) is 6.80. The van der Waals surface area contributed by atoms with Gasteiger partial charge in [0, 0.05) is 16.8 Å². The van der Waals surface area contributed by atoms with Gasteiger partial charge < -0.3 is 4.74 Å². The zero-order valence-electron chi connectivity index (χ0n) is 11.7. The van der Waals surface area contributed by atoms with Crippen molar-refractivity contribution in [2.75, 3.05) is 6.61 Å². The number of nitrogens with zero attached hydrogens (tertiary/aromatic N) is 2. The molecule has 2 aromatic carbocycles. The van der Waals surface area contributed by atoms with Crippen molar-refractivity contribution in [3.63, 3.8) is 0 Å². The molecule has 1 heterocycles. The second kappa shape index (κ2) is 6.02. The van der Waals surface area contributed by atoms with Gasteiger partial charge in [0.25, 0.3) is 0 Å². The van der Waals surface area contributed by atoms with Gasteiger partial charge in [-0.1, -0.05) is 23.7 Å². The molecule has 0 N–H and O–H groups in total. The minimum atomic E-state index is 0.667. The molecule has 0 aliphatic rings. The van der Waals surface area contributed by atoms with Crippen molar-refractivity contribution in [3.05, 3.63) is 65.9 Å². The van der Waals surface area contributed by atoms with Gasteiger partial charge in [-0.3, -0.25) is 0 Å². The third kappa shape index (κ3) is 3.09. The molecular weight excluding hydrogens is 284 g/mol. The Morgan fingerprint density at radius 1 is 1.10 bits per heavy atom. The fraction of sp³-hybridized carbons (Fsp3) is 0.118. The van der Waals surface area contributed by atoms with E-state index in [1.165, 1.54) is 0 Å². The molecule has 21 heavy (non-hydrogen) atoms. The fourth-order valence-corrected chi connectivity index (χ4v) is 2.33. The van der Waals surface area contributed by atoms with Gasteiger partial charge in [0.15, 0.2) is 0 Å². The summed E-state index contributed by atoms with van der Waals surface area (Å²) in [6.07, 6.45) is 3.82. The van der Waals surface area contributed by atoms with Crippen molar-refractivity contribution in [1.82, 2.24) is 9.78 Å². The molecule has 1 aromatic heterocycles. The van der Waals surface area contributed by atoms with E-state index in [1.807, 2.05) is 72.5 Å². The Kier molecular flexibility index (Phi) is 3.93. The Morgan fingerprint density at radius 2 is 1.90 bits per heavy atom. The Hall–Kier alpha value is -2.26. The first-order chi connectivity index (χ1) is 10.3. The molecule has 0 aliphatic heterocycles. The Labute approximate surface area is 128 Å². The van der Waals surface area contributed by atoms with E-state index >= 15 is 0 Å². The second-order valence-corrected chi connectivity index (χ2v) is 5.05. The summed E-state index contributed by atoms with van der Waals surface area (Å²) in [6.45, 7) is 2.64. The van der Waals surface area contributed by atoms with Crippen LogP contribution in [0.25, 0.3) is 16.8 Å². The van der Waals surface area contributed by atoms with Gasteiger partial charge in [-0.05, 0) is 48.9 Å². The molecule has 106 valence electrons. The summed E-state index contributed by atoms with van der Waals surface area (Å²) in [5.74, 6) is 0.864. The summed E-state index contributed by atoms with van der Waals surface area (Å²) in [6, 6.07) is 15.6. The van der Waals surface area contributed by atoms with Crippen LogP contribution >= 0.6 is 11.6 Å². The molecule has 3 nitrogen and oxygen atoms in total. The van der Waals surface area contributed by atoms with Crippen molar-refractivity contribution in [1.29, 1.82) is 0 Å². The standard InChI is InChI=1S/C17H15ClN2O/c1-2-21-17-8-6-16(7-9-17)20-12-14(11-19-20)13-4-3-5-15(18)10-13/h3-12H,2H2,1H3. The number of rotatable bonds is 4. The average Bonchev–Trinajstić information content (AvgIpc) is 2.98. The monoisotopic (exact) mass is 298 g/mol. The summed E-state index contributed by atoms with van der Waals surface area (Å²) in [5.41, 5.74) is 3.08. The lowest BCUT2D eigenvalue weighted by Gasteiger charge is -2.04. The maximum atomic E-state index is 6.02. The third-order valence-corrected chi connectivity index (χ3v) is 3.39. The van der Waals surface area contributed by atoms with Crippen molar-refractivity contribution in [2.45, 2.75) is 6.92 Å². The molecule has 3 rings (SSSR count). The van der Waals surface area contributed by atoms with E-state index in [1.54, 1.807) is 0 Å². The average molecular weight is 299 g/mol. The lowest BCUT2D eigenvalue weighted by molar-refractivity contribution is 0.340. The predicted molar refractivity (Wildman–Crippen MR) is 85.2 cm³/mol. The highest BCUT2D eigenvalue weighted by molar-refractivity contribution is 6.30. The molecular formula is C17H15ClN2O. The minimum Gasteiger partial charge on any atom is -0.494 e. The SMILES string of the molecule is CCOc1ccc(-n2cc(-c3cccc(Cl)c3)cn2)cc1. The maximum Gasteiger partial charge on any atom is 0.119 e. The third-order valence-electron chi connectivity index (χ3n) is 3.15. The first kappa shape index (κ1) is 13.7. The number of aromatic nitrogens is 2. The van der Waals surface area contributed by atoms with Gasteiger partial charge in [0.1, 0.15) is 5.75 Å². The van der Waals surface area contributed by atoms with Crippen LogP contribution in [0.4, 0.5) is 0 Å². The van der Waals surface area contributed by atoms with Crippen LogP contribution in [0.2, 0.25) is 5.02 Å². The molecule has 0 radical (unpaired) electrons. The van der Waals surface area contributed by atoms with E-state index in [-0.39, 0.29) is 0 Å². The molecule has 0 saturated carbocycles. The first-order valence-corrected chi connectivity index (χ1v) is 7.18. The number of benzene rings is 2. The minimum absolute atomic E-state index is 0.667. The molecule has 0 aliphatic carbocycles. The largest absolute Gasteiger partial charge is 0.494 e. The number of halogens is 1. The molecule has 3 aromatic rings. The molecule has 0 fully saturated rings. The smallest absolute Gasteiger partial charge is 0.119 e. The van der Waals surface area contributed by atoms with Gasteiger partial charge in [0.05, 0.1) is 18.5 Å². The van der Waals surface area contributed by atoms with Crippen LogP contribution in [0, 0.1) is 0 Å². The zero-order valence-corrected chi connectivity index (χ0v) is 12.4. The van der Waals surface area contributed by atoms with Gasteiger partial charge in [-0.2, -0.15) is 5.10 Å². The van der Waals surface area contributed by atoms with Gasteiger partial charge >= 0.3 is 0 Å². The van der Waals surface area contributed by atoms with Crippen LogP contribution in [-0.2, 0) is 0 Å². The van der Waals surface area contributed by atoms with Crippen LogP contribution in [-0.4, -0.2) is 16.4 Å². The van der Waals surface area contributed by atoms with Crippen LogP contribution < -0.4 is 4.74 Å². The highest BCUT2D eigenvalue weighted by Gasteiger charge is 2.04. The summed E-state index contributed by atoms with van der Waals surface area (Å²) in [4.78, 5) is 0. The molecule has 0 bridgehead atoms. The lowest BCUT2D eigenvalue weighted by Crippen LogP contribution is -1.95. The van der Waals surface area contributed by atoms with Crippen molar-refractivity contribution < 1.29 is 4.74 Å². The molecule has 0 spiro atoms. The number of hydrogen-bond acceptors (Lipinski definition) is 2. The second-order valence-electron chi connectivity index (χ2n) is 4.61. The summed E-state index contributed by atoms with van der Waals surface area (Å²) >= 11 is 6.02. The molecule has 0 atom stereocenters. The Morgan fingerprint density at radius 3 is 2.62 bits per heavy atom. The van der Waals surface area contributed by atoms with Crippen LogP contribution in [0.1, 0.15) is 6.92 Å². The molecule has 0 unspecified atom stereocenters. The van der Waals surface area contributed by atoms with Crippen LogP contribution in [0.15, 0.2) is 60.9 Å². The van der Waals surface area contributed by atoms with Crippen LogP contribution in [0.3, 0.4) is 0 Å². The molecule has 0 saturated heterocycles. The van der Waals surface area contributed by atoms with E-state index in [2.05, 4.69) is 5.10 Å². The van der Waals surface area contributed by atoms with Gasteiger partial charge in [0.2, 0.25) is 0 Å². The fourth-order valence-electron chi connectivity index (χ4n) is 2.14. The van der Waals surface area contributed by atoms with E-state index in [4.69, 9.17) is 16.3 Å². The highest BCUT2D eigenvalue weighted by Crippen LogP contribution is 2.23. The predicted octanol–water partition coefficient (Wildman–Crippen LogP) is 4.59.